The van der Waals surface area contributed by atoms with Crippen molar-refractivity contribution in [1.82, 2.24) is 19.9 Å². The van der Waals surface area contributed by atoms with Gasteiger partial charge < -0.3 is 15.5 Å². The van der Waals surface area contributed by atoms with Crippen molar-refractivity contribution in [3.8, 4) is 11.1 Å². The first-order valence-electron chi connectivity index (χ1n) is 10.5. The first kappa shape index (κ1) is 21.8. The van der Waals surface area contributed by atoms with Gasteiger partial charge in [0.05, 0.1) is 5.69 Å². The van der Waals surface area contributed by atoms with E-state index in [1.165, 1.54) is 0 Å². The lowest BCUT2D eigenvalue weighted by atomic mass is 9.98. The van der Waals surface area contributed by atoms with Crippen LogP contribution in [0.2, 0.25) is 5.02 Å². The van der Waals surface area contributed by atoms with Gasteiger partial charge in [0.25, 0.3) is 0 Å². The Bertz CT molecular complexity index is 1090. The van der Waals surface area contributed by atoms with Crippen molar-refractivity contribution in [3.63, 3.8) is 0 Å². The van der Waals surface area contributed by atoms with Crippen molar-refractivity contribution >= 4 is 35.2 Å². The number of hydrogen-bond acceptors (Lipinski definition) is 7. The van der Waals surface area contributed by atoms with Crippen LogP contribution in [0.15, 0.2) is 67.4 Å². The van der Waals surface area contributed by atoms with Crippen LogP contribution in [0.25, 0.3) is 11.1 Å². The lowest BCUT2D eigenvalue weighted by Crippen LogP contribution is -2.42. The largest absolute Gasteiger partial charge is 0.381 e. The highest BCUT2D eigenvalue weighted by molar-refractivity contribution is 6.30. The van der Waals surface area contributed by atoms with Crippen LogP contribution in [-0.2, 0) is 4.79 Å². The molecule has 1 fully saturated rings. The lowest BCUT2D eigenvalue weighted by molar-refractivity contribution is -0.104. The zero-order valence-corrected chi connectivity index (χ0v) is 18.5. The maximum Gasteiger partial charge on any atom is 0.227 e. The minimum atomic E-state index is 0.350. The molecule has 0 amide bonds. The fraction of sp³-hybridized carbons (Fsp3) is 0.250. The Morgan fingerprint density at radius 1 is 1.09 bits per heavy atom. The molecule has 4 rings (SSSR count). The number of pyridine rings is 1. The molecule has 3 aromatic rings. The van der Waals surface area contributed by atoms with Crippen molar-refractivity contribution < 1.29 is 4.79 Å². The average molecular weight is 449 g/mol. The zero-order chi connectivity index (χ0) is 22.3. The number of nitrogens with one attached hydrogen (secondary N) is 2. The third-order valence-electron chi connectivity index (χ3n) is 5.46. The maximum atomic E-state index is 10.6. The Labute approximate surface area is 192 Å². The summed E-state index contributed by atoms with van der Waals surface area (Å²) in [6.07, 6.45) is 13.4. The molecule has 1 aliphatic rings. The number of aldehydes is 1. The quantitative estimate of drug-likeness (QED) is 0.392. The molecule has 7 nitrogen and oxygen atoms in total. The van der Waals surface area contributed by atoms with Crippen molar-refractivity contribution in [2.75, 3.05) is 17.2 Å². The highest BCUT2D eigenvalue weighted by atomic mass is 35.5. The van der Waals surface area contributed by atoms with Gasteiger partial charge in [-0.3, -0.25) is 9.78 Å². The molecule has 164 valence electrons. The summed E-state index contributed by atoms with van der Waals surface area (Å²) in [5.74, 6) is 0.502. The molecule has 32 heavy (non-hydrogen) atoms. The van der Waals surface area contributed by atoms with Gasteiger partial charge in [-0.05, 0) is 50.1 Å². The molecular weight excluding hydrogens is 424 g/mol. The number of piperidine rings is 1. The molecule has 8 heteroatoms. The Kier molecular flexibility index (Phi) is 6.97. The number of hydrogen-bond donors (Lipinski definition) is 2. The molecular formula is C24H25ClN6O. The third-order valence-corrected chi connectivity index (χ3v) is 5.69. The molecule has 2 N–H and O–H groups in total. The number of likely N-dealkylation sites (tertiary alicyclic amines) is 1. The standard InChI is InChI=1S/C24H25ClN6O/c1-17-10-22(6-8-31(17)7-3-9-32)29-23-11-18(13-26-16-23)19-14-27-24(28-15-19)30-21-5-2-4-20(25)12-21/h2-5,7,9,11-17,22,29H,6,8,10H2,1H3,(H,27,28,30). The lowest BCUT2D eigenvalue weighted by Gasteiger charge is -2.37. The van der Waals surface area contributed by atoms with Gasteiger partial charge in [0, 0.05) is 71.5 Å². The summed E-state index contributed by atoms with van der Waals surface area (Å²) < 4.78 is 0. The number of anilines is 3. The second-order valence-electron chi connectivity index (χ2n) is 7.82. The summed E-state index contributed by atoms with van der Waals surface area (Å²) in [4.78, 5) is 26.0. The first-order valence-corrected chi connectivity index (χ1v) is 10.9. The van der Waals surface area contributed by atoms with Crippen LogP contribution < -0.4 is 10.6 Å². The van der Waals surface area contributed by atoms with Crippen molar-refractivity contribution in [2.24, 2.45) is 0 Å². The van der Waals surface area contributed by atoms with E-state index in [1.807, 2.05) is 42.9 Å². The molecule has 1 aromatic carbocycles. The van der Waals surface area contributed by atoms with Crippen LogP contribution >= 0.6 is 11.6 Å². The van der Waals surface area contributed by atoms with Gasteiger partial charge in [-0.1, -0.05) is 17.7 Å². The summed E-state index contributed by atoms with van der Waals surface area (Å²) in [5.41, 5.74) is 3.64. The molecule has 2 aromatic heterocycles. The van der Waals surface area contributed by atoms with Crippen LogP contribution in [-0.4, -0.2) is 44.8 Å². The number of carbonyl (C=O) groups excluding carboxylic acids is 1. The molecule has 2 atom stereocenters. The number of halogens is 1. The van der Waals surface area contributed by atoms with Crippen molar-refractivity contribution in [1.29, 1.82) is 0 Å². The van der Waals surface area contributed by atoms with Crippen LogP contribution in [0, 0.1) is 0 Å². The van der Waals surface area contributed by atoms with Crippen LogP contribution in [0.4, 0.5) is 17.3 Å². The van der Waals surface area contributed by atoms with E-state index in [2.05, 4.69) is 43.5 Å². The third kappa shape index (κ3) is 5.62. The van der Waals surface area contributed by atoms with Gasteiger partial charge in [0.2, 0.25) is 5.95 Å². The number of allylic oxidation sites excluding steroid dienone is 1. The van der Waals surface area contributed by atoms with Crippen LogP contribution in [0.1, 0.15) is 19.8 Å². The minimum absolute atomic E-state index is 0.350. The van der Waals surface area contributed by atoms with Crippen LogP contribution in [0.3, 0.4) is 0 Å². The van der Waals surface area contributed by atoms with Gasteiger partial charge in [0.1, 0.15) is 6.29 Å². The number of carbonyl (C=O) groups is 1. The van der Waals surface area contributed by atoms with E-state index in [0.717, 1.165) is 48.2 Å². The fourth-order valence-electron chi connectivity index (χ4n) is 3.84. The normalized spacial score (nSPS) is 18.5. The molecule has 0 aliphatic carbocycles. The average Bonchev–Trinajstić information content (AvgIpc) is 2.79. The van der Waals surface area contributed by atoms with E-state index in [1.54, 1.807) is 18.5 Å². The number of rotatable bonds is 7. The number of aromatic nitrogens is 3. The van der Waals surface area contributed by atoms with E-state index in [4.69, 9.17) is 11.6 Å². The summed E-state index contributed by atoms with van der Waals surface area (Å²) in [6.45, 7) is 3.08. The summed E-state index contributed by atoms with van der Waals surface area (Å²) in [6, 6.07) is 10.2. The van der Waals surface area contributed by atoms with Gasteiger partial charge in [-0.25, -0.2) is 9.97 Å². The molecule has 1 saturated heterocycles. The van der Waals surface area contributed by atoms with Gasteiger partial charge in [-0.2, -0.15) is 0 Å². The summed E-state index contributed by atoms with van der Waals surface area (Å²) in [5, 5.41) is 7.40. The van der Waals surface area contributed by atoms with Crippen LogP contribution in [0.5, 0.6) is 0 Å². The SMILES string of the molecule is CC1CC(Nc2cncc(-c3cnc(Nc4cccc(Cl)c4)nc3)c2)CCN1C=CC=O. The van der Waals surface area contributed by atoms with E-state index in [9.17, 15) is 4.79 Å². The second-order valence-corrected chi connectivity index (χ2v) is 8.26. The van der Waals surface area contributed by atoms with E-state index in [0.29, 0.717) is 23.1 Å². The monoisotopic (exact) mass is 448 g/mol. The van der Waals surface area contributed by atoms with Gasteiger partial charge in [0.15, 0.2) is 0 Å². The maximum absolute atomic E-state index is 10.6. The molecule has 3 heterocycles. The Morgan fingerprint density at radius 3 is 2.69 bits per heavy atom. The molecule has 0 spiro atoms. The highest BCUT2D eigenvalue weighted by Gasteiger charge is 2.23. The first-order chi connectivity index (χ1) is 15.6. The zero-order valence-electron chi connectivity index (χ0n) is 17.8. The Balaban J connectivity index is 1.39. The second kappa shape index (κ2) is 10.2. The topological polar surface area (TPSA) is 83.0 Å². The Morgan fingerprint density at radius 2 is 1.94 bits per heavy atom. The summed E-state index contributed by atoms with van der Waals surface area (Å²) in [7, 11) is 0. The molecule has 0 radical (unpaired) electrons. The van der Waals surface area contributed by atoms with Gasteiger partial charge in [-0.15, -0.1) is 0 Å². The van der Waals surface area contributed by atoms with E-state index in [-0.39, 0.29) is 0 Å². The van der Waals surface area contributed by atoms with Gasteiger partial charge >= 0.3 is 0 Å². The van der Waals surface area contributed by atoms with E-state index >= 15 is 0 Å². The Hall–Kier alpha value is -3.45. The molecule has 2 unspecified atom stereocenters. The molecule has 1 aliphatic heterocycles. The predicted molar refractivity (Wildman–Crippen MR) is 128 cm³/mol. The smallest absolute Gasteiger partial charge is 0.227 e. The predicted octanol–water partition coefficient (Wildman–Crippen LogP) is 4.91. The van der Waals surface area contributed by atoms with Crippen molar-refractivity contribution in [3.05, 3.63) is 72.4 Å². The highest BCUT2D eigenvalue weighted by Crippen LogP contribution is 2.25. The molecule has 0 bridgehead atoms. The number of benzene rings is 1. The summed E-state index contributed by atoms with van der Waals surface area (Å²) >= 11 is 6.02. The minimum Gasteiger partial charge on any atom is -0.381 e. The fourth-order valence-corrected chi connectivity index (χ4v) is 4.03. The van der Waals surface area contributed by atoms with E-state index < -0.39 is 0 Å². The number of nitrogens with zero attached hydrogens (tertiary/aromatic N) is 4. The molecule has 0 saturated carbocycles. The van der Waals surface area contributed by atoms with Crippen molar-refractivity contribution in [2.45, 2.75) is 31.8 Å².